The number of fused-ring (bicyclic) bond motifs is 3. The Kier molecular flexibility index (Phi) is 4.58. The van der Waals surface area contributed by atoms with E-state index in [1.54, 1.807) is 42.6 Å². The number of aromatic nitrogens is 2. The van der Waals surface area contributed by atoms with Crippen LogP contribution < -0.4 is 9.64 Å². The summed E-state index contributed by atoms with van der Waals surface area (Å²) in [6.07, 6.45) is 1.67. The van der Waals surface area contributed by atoms with Crippen LogP contribution in [0.25, 0.3) is 10.9 Å². The van der Waals surface area contributed by atoms with E-state index in [1.807, 2.05) is 18.0 Å². The molecule has 2 aromatic carbocycles. The minimum Gasteiger partial charge on any atom is -0.487 e. The SMILES string of the molecule is CN1Cc2ccc(OCc3ccc4cc(F)c(F)cc4n3)cc2C(=O)c2cccnc21. The Labute approximate surface area is 176 Å². The molecule has 0 amide bonds. The third kappa shape index (κ3) is 3.48. The Bertz CT molecular complexity index is 1340. The third-order valence-corrected chi connectivity index (χ3v) is 5.30. The molecule has 0 fully saturated rings. The van der Waals surface area contributed by atoms with E-state index < -0.39 is 11.6 Å². The molecule has 0 atom stereocenters. The maximum Gasteiger partial charge on any atom is 0.197 e. The number of rotatable bonds is 3. The van der Waals surface area contributed by atoms with Gasteiger partial charge in [0.05, 0.1) is 16.8 Å². The first-order valence-electron chi connectivity index (χ1n) is 9.71. The highest BCUT2D eigenvalue weighted by Gasteiger charge is 2.25. The first kappa shape index (κ1) is 19.1. The number of ether oxygens (including phenoxy) is 1. The van der Waals surface area contributed by atoms with E-state index in [-0.39, 0.29) is 12.4 Å². The van der Waals surface area contributed by atoms with Crippen LogP contribution in [0.15, 0.2) is 60.8 Å². The van der Waals surface area contributed by atoms with E-state index in [0.29, 0.717) is 45.8 Å². The highest BCUT2D eigenvalue weighted by molar-refractivity contribution is 6.13. The molecular formula is C24H17F2N3O2. The summed E-state index contributed by atoms with van der Waals surface area (Å²) in [7, 11) is 1.90. The standard InChI is InChI=1S/C24H17F2N3O2/c1-29-12-15-5-7-17(10-19(15)23(30)18-3-2-8-27-24(18)29)31-13-16-6-4-14-9-20(25)21(26)11-22(14)28-16/h2-11H,12-13H2,1H3. The number of carbonyl (C=O) groups is 1. The molecule has 1 aliphatic rings. The van der Waals surface area contributed by atoms with Gasteiger partial charge in [-0.2, -0.15) is 0 Å². The van der Waals surface area contributed by atoms with Crippen LogP contribution in [-0.4, -0.2) is 22.8 Å². The molecule has 2 aromatic heterocycles. The fourth-order valence-electron chi connectivity index (χ4n) is 3.75. The second-order valence-electron chi connectivity index (χ2n) is 7.43. The Hall–Kier alpha value is -3.87. The molecule has 0 N–H and O–H groups in total. The molecule has 5 rings (SSSR count). The number of anilines is 1. The molecule has 0 saturated heterocycles. The summed E-state index contributed by atoms with van der Waals surface area (Å²) in [6, 6.07) is 14.5. The second kappa shape index (κ2) is 7.43. The summed E-state index contributed by atoms with van der Waals surface area (Å²) in [4.78, 5) is 23.7. The van der Waals surface area contributed by atoms with E-state index >= 15 is 0 Å². The summed E-state index contributed by atoms with van der Waals surface area (Å²) in [5.74, 6) is -0.781. The molecule has 0 bridgehead atoms. The summed E-state index contributed by atoms with van der Waals surface area (Å²) in [6.45, 7) is 0.680. The van der Waals surface area contributed by atoms with E-state index in [2.05, 4.69) is 9.97 Å². The van der Waals surface area contributed by atoms with Gasteiger partial charge in [0.15, 0.2) is 17.4 Å². The van der Waals surface area contributed by atoms with Crippen LogP contribution in [0.2, 0.25) is 0 Å². The number of carbonyl (C=O) groups excluding carboxylic acids is 1. The molecule has 1 aliphatic heterocycles. The lowest BCUT2D eigenvalue weighted by molar-refractivity contribution is 0.103. The average molecular weight is 417 g/mol. The lowest BCUT2D eigenvalue weighted by Gasteiger charge is -2.17. The third-order valence-electron chi connectivity index (χ3n) is 5.30. The molecule has 4 aromatic rings. The van der Waals surface area contributed by atoms with Crippen molar-refractivity contribution >= 4 is 22.5 Å². The maximum absolute atomic E-state index is 13.5. The normalized spacial score (nSPS) is 13.0. The summed E-state index contributed by atoms with van der Waals surface area (Å²) < 4.78 is 32.7. The molecule has 0 radical (unpaired) electrons. The number of ketones is 1. The molecule has 3 heterocycles. The van der Waals surface area contributed by atoms with Gasteiger partial charge in [0.25, 0.3) is 0 Å². The van der Waals surface area contributed by atoms with Crippen molar-refractivity contribution in [1.82, 2.24) is 9.97 Å². The van der Waals surface area contributed by atoms with Crippen LogP contribution in [-0.2, 0) is 13.2 Å². The van der Waals surface area contributed by atoms with Crippen LogP contribution in [0.3, 0.4) is 0 Å². The van der Waals surface area contributed by atoms with Crippen LogP contribution >= 0.6 is 0 Å². The zero-order chi connectivity index (χ0) is 21.5. The Balaban J connectivity index is 1.42. The van der Waals surface area contributed by atoms with Crippen LogP contribution in [0.1, 0.15) is 27.2 Å². The molecule has 0 aliphatic carbocycles. The van der Waals surface area contributed by atoms with Gasteiger partial charge in [-0.05, 0) is 42.0 Å². The van der Waals surface area contributed by atoms with Gasteiger partial charge in [-0.25, -0.2) is 18.7 Å². The van der Waals surface area contributed by atoms with Crippen molar-refractivity contribution in [3.63, 3.8) is 0 Å². The number of nitrogens with zero attached hydrogens (tertiary/aromatic N) is 3. The molecule has 0 saturated carbocycles. The highest BCUT2D eigenvalue weighted by atomic mass is 19.2. The molecule has 31 heavy (non-hydrogen) atoms. The predicted molar refractivity (Wildman–Crippen MR) is 112 cm³/mol. The van der Waals surface area contributed by atoms with Crippen molar-refractivity contribution in [2.75, 3.05) is 11.9 Å². The van der Waals surface area contributed by atoms with E-state index in [0.717, 1.165) is 17.7 Å². The Morgan fingerprint density at radius 3 is 2.74 bits per heavy atom. The van der Waals surface area contributed by atoms with Crippen molar-refractivity contribution in [2.45, 2.75) is 13.2 Å². The van der Waals surface area contributed by atoms with Gasteiger partial charge in [0.1, 0.15) is 18.2 Å². The molecule has 154 valence electrons. The quantitative estimate of drug-likeness (QED) is 0.485. The number of hydrogen-bond donors (Lipinski definition) is 0. The maximum atomic E-state index is 13.5. The Morgan fingerprint density at radius 1 is 1.03 bits per heavy atom. The lowest BCUT2D eigenvalue weighted by atomic mass is 10.00. The van der Waals surface area contributed by atoms with Gasteiger partial charge in [-0.3, -0.25) is 4.79 Å². The van der Waals surface area contributed by atoms with Crippen molar-refractivity contribution in [3.05, 3.63) is 94.8 Å². The highest BCUT2D eigenvalue weighted by Crippen LogP contribution is 2.30. The summed E-state index contributed by atoms with van der Waals surface area (Å²) in [5.41, 5.74) is 2.92. The zero-order valence-electron chi connectivity index (χ0n) is 16.6. The van der Waals surface area contributed by atoms with Gasteiger partial charge < -0.3 is 9.64 Å². The van der Waals surface area contributed by atoms with Gasteiger partial charge in [-0.15, -0.1) is 0 Å². The number of halogens is 2. The van der Waals surface area contributed by atoms with Gasteiger partial charge in [-0.1, -0.05) is 12.1 Å². The zero-order valence-corrected chi connectivity index (χ0v) is 16.6. The largest absolute Gasteiger partial charge is 0.487 e. The monoisotopic (exact) mass is 417 g/mol. The van der Waals surface area contributed by atoms with Gasteiger partial charge >= 0.3 is 0 Å². The first-order valence-corrected chi connectivity index (χ1v) is 9.71. The molecule has 0 unspecified atom stereocenters. The second-order valence-corrected chi connectivity index (χ2v) is 7.43. The minimum atomic E-state index is -0.943. The van der Waals surface area contributed by atoms with Crippen molar-refractivity contribution in [1.29, 1.82) is 0 Å². The minimum absolute atomic E-state index is 0.103. The number of benzene rings is 2. The number of pyridine rings is 2. The number of hydrogen-bond acceptors (Lipinski definition) is 5. The fourth-order valence-corrected chi connectivity index (χ4v) is 3.75. The molecule has 0 spiro atoms. The average Bonchev–Trinajstić information content (AvgIpc) is 2.88. The van der Waals surface area contributed by atoms with Gasteiger partial charge in [0, 0.05) is 36.8 Å². The smallest absolute Gasteiger partial charge is 0.197 e. The topological polar surface area (TPSA) is 55.3 Å². The predicted octanol–water partition coefficient (Wildman–Crippen LogP) is 4.67. The fraction of sp³-hybridized carbons (Fsp3) is 0.125. The molecular weight excluding hydrogens is 400 g/mol. The van der Waals surface area contributed by atoms with E-state index in [4.69, 9.17) is 4.74 Å². The van der Waals surface area contributed by atoms with Crippen molar-refractivity contribution in [2.24, 2.45) is 0 Å². The summed E-state index contributed by atoms with van der Waals surface area (Å²) in [5, 5.41) is 0.509. The summed E-state index contributed by atoms with van der Waals surface area (Å²) >= 11 is 0. The van der Waals surface area contributed by atoms with Gasteiger partial charge in [0.2, 0.25) is 0 Å². The van der Waals surface area contributed by atoms with Crippen molar-refractivity contribution in [3.8, 4) is 5.75 Å². The molecule has 5 nitrogen and oxygen atoms in total. The Morgan fingerprint density at radius 2 is 1.87 bits per heavy atom. The van der Waals surface area contributed by atoms with Crippen molar-refractivity contribution < 1.29 is 18.3 Å². The van der Waals surface area contributed by atoms with Crippen LogP contribution in [0, 0.1) is 11.6 Å². The van der Waals surface area contributed by atoms with Crippen LogP contribution in [0.5, 0.6) is 5.75 Å². The molecule has 7 heteroatoms. The van der Waals surface area contributed by atoms with E-state index in [1.165, 1.54) is 0 Å². The van der Waals surface area contributed by atoms with Crippen LogP contribution in [0.4, 0.5) is 14.6 Å². The lowest BCUT2D eigenvalue weighted by Crippen LogP contribution is -2.17. The first-order chi connectivity index (χ1) is 15.0. The van der Waals surface area contributed by atoms with E-state index in [9.17, 15) is 13.6 Å².